The zero-order chi connectivity index (χ0) is 23.8. The third-order valence-corrected chi connectivity index (χ3v) is 6.56. The molecular weight excluding hydrogens is 424 g/mol. The summed E-state index contributed by atoms with van der Waals surface area (Å²) in [7, 11) is 1.63. The zero-order valence-electron chi connectivity index (χ0n) is 19.7. The van der Waals surface area contributed by atoms with Crippen molar-refractivity contribution in [2.24, 2.45) is 11.8 Å². The number of benzene rings is 3. The normalized spacial score (nSPS) is 17.6. The first-order chi connectivity index (χ1) is 16.6. The number of rotatable bonds is 10. The fourth-order valence-electron chi connectivity index (χ4n) is 4.64. The molecule has 0 aromatic heterocycles. The van der Waals surface area contributed by atoms with Crippen LogP contribution in [0.25, 0.3) is 0 Å². The Morgan fingerprint density at radius 2 is 1.56 bits per heavy atom. The van der Waals surface area contributed by atoms with E-state index in [2.05, 4.69) is 29.6 Å². The van der Waals surface area contributed by atoms with Crippen LogP contribution in [0.15, 0.2) is 84.9 Å². The van der Waals surface area contributed by atoms with Crippen LogP contribution in [0, 0.1) is 11.8 Å². The quantitative estimate of drug-likeness (QED) is 0.496. The number of carbonyl (C=O) groups is 2. The Bertz CT molecular complexity index is 1070. The molecule has 34 heavy (non-hydrogen) atoms. The van der Waals surface area contributed by atoms with Crippen molar-refractivity contribution in [2.45, 2.75) is 25.8 Å². The Morgan fingerprint density at radius 1 is 0.912 bits per heavy atom. The minimum absolute atomic E-state index is 0.0860. The first-order valence-corrected chi connectivity index (χ1v) is 11.9. The van der Waals surface area contributed by atoms with Gasteiger partial charge in [0.1, 0.15) is 5.75 Å². The molecule has 3 aromatic rings. The molecule has 1 heterocycles. The van der Waals surface area contributed by atoms with Gasteiger partial charge in [-0.05, 0) is 47.6 Å². The number of hydrogen-bond acceptors (Lipinski definition) is 3. The molecular formula is C29H32N2O3. The fraction of sp³-hybridized carbons (Fsp3) is 0.310. The van der Waals surface area contributed by atoms with Gasteiger partial charge in [0.15, 0.2) is 0 Å². The maximum Gasteiger partial charge on any atom is 0.226 e. The standard InChI is InChI=1S/C29H32N2O3/c1-34-26-14-12-24(13-15-26)20-30-28(32)19-27-25(18-23-10-6-3-7-11-23)21-31(29(27)33)17-16-22-8-4-2-5-9-22/h2-15,25,27H,16-21H2,1H3,(H,30,32)/t25-,27+/m0/s1. The van der Waals surface area contributed by atoms with Crippen LogP contribution in [-0.4, -0.2) is 36.9 Å². The molecule has 3 aromatic carbocycles. The molecule has 0 aliphatic carbocycles. The minimum atomic E-state index is -0.299. The highest BCUT2D eigenvalue weighted by Gasteiger charge is 2.40. The van der Waals surface area contributed by atoms with Crippen molar-refractivity contribution >= 4 is 11.8 Å². The van der Waals surface area contributed by atoms with E-state index in [1.807, 2.05) is 65.6 Å². The van der Waals surface area contributed by atoms with E-state index >= 15 is 0 Å². The fourth-order valence-corrected chi connectivity index (χ4v) is 4.64. The van der Waals surface area contributed by atoms with E-state index in [1.165, 1.54) is 11.1 Å². The average molecular weight is 457 g/mol. The van der Waals surface area contributed by atoms with Crippen LogP contribution in [0.2, 0.25) is 0 Å². The summed E-state index contributed by atoms with van der Waals surface area (Å²) >= 11 is 0. The summed E-state index contributed by atoms with van der Waals surface area (Å²) in [6.07, 6.45) is 1.83. The monoisotopic (exact) mass is 456 g/mol. The second-order valence-corrected chi connectivity index (χ2v) is 8.91. The van der Waals surface area contributed by atoms with Crippen LogP contribution in [-0.2, 0) is 29.0 Å². The summed E-state index contributed by atoms with van der Waals surface area (Å²) in [4.78, 5) is 28.1. The topological polar surface area (TPSA) is 58.6 Å². The third-order valence-electron chi connectivity index (χ3n) is 6.56. The van der Waals surface area contributed by atoms with Crippen LogP contribution in [0.3, 0.4) is 0 Å². The summed E-state index contributed by atoms with van der Waals surface area (Å²) in [5, 5.41) is 2.99. The second-order valence-electron chi connectivity index (χ2n) is 8.91. The Kier molecular flexibility index (Phi) is 7.97. The molecule has 176 valence electrons. The number of carbonyl (C=O) groups excluding carboxylic acids is 2. The highest BCUT2D eigenvalue weighted by Crippen LogP contribution is 2.31. The largest absolute Gasteiger partial charge is 0.497 e. The molecule has 1 N–H and O–H groups in total. The van der Waals surface area contributed by atoms with Gasteiger partial charge in [-0.15, -0.1) is 0 Å². The summed E-state index contributed by atoms with van der Waals surface area (Å²) in [6.45, 7) is 1.81. The molecule has 5 nitrogen and oxygen atoms in total. The van der Waals surface area contributed by atoms with Crippen molar-refractivity contribution in [3.8, 4) is 5.75 Å². The van der Waals surface area contributed by atoms with Gasteiger partial charge >= 0.3 is 0 Å². The molecule has 2 amide bonds. The molecule has 1 aliphatic heterocycles. The van der Waals surface area contributed by atoms with E-state index in [-0.39, 0.29) is 30.1 Å². The third kappa shape index (κ3) is 6.25. The Morgan fingerprint density at radius 3 is 2.21 bits per heavy atom. The lowest BCUT2D eigenvalue weighted by molar-refractivity contribution is -0.134. The summed E-state index contributed by atoms with van der Waals surface area (Å²) in [5.41, 5.74) is 3.42. The average Bonchev–Trinajstić information content (AvgIpc) is 3.16. The van der Waals surface area contributed by atoms with Crippen LogP contribution >= 0.6 is 0 Å². The van der Waals surface area contributed by atoms with Gasteiger partial charge in [-0.2, -0.15) is 0 Å². The molecule has 5 heteroatoms. The first-order valence-electron chi connectivity index (χ1n) is 11.9. The van der Waals surface area contributed by atoms with E-state index in [1.54, 1.807) is 7.11 Å². The van der Waals surface area contributed by atoms with E-state index in [0.717, 1.165) is 24.2 Å². The van der Waals surface area contributed by atoms with Crippen molar-refractivity contribution in [2.75, 3.05) is 20.2 Å². The second kappa shape index (κ2) is 11.5. The maximum absolute atomic E-state index is 13.3. The highest BCUT2D eigenvalue weighted by molar-refractivity contribution is 5.87. The predicted octanol–water partition coefficient (Wildman–Crippen LogP) is 4.26. The van der Waals surface area contributed by atoms with E-state index in [4.69, 9.17) is 4.74 Å². The molecule has 1 fully saturated rings. The first kappa shape index (κ1) is 23.6. The molecule has 0 saturated carbocycles. The Labute approximate surface area is 201 Å². The number of likely N-dealkylation sites (tertiary alicyclic amines) is 1. The number of hydrogen-bond donors (Lipinski definition) is 1. The molecule has 0 spiro atoms. The number of ether oxygens (including phenoxy) is 1. The van der Waals surface area contributed by atoms with Gasteiger partial charge in [-0.3, -0.25) is 9.59 Å². The zero-order valence-corrected chi connectivity index (χ0v) is 19.7. The van der Waals surface area contributed by atoms with Gasteiger partial charge in [-0.1, -0.05) is 72.8 Å². The van der Waals surface area contributed by atoms with E-state index in [9.17, 15) is 9.59 Å². The van der Waals surface area contributed by atoms with Crippen molar-refractivity contribution in [1.29, 1.82) is 0 Å². The van der Waals surface area contributed by atoms with Crippen LogP contribution in [0.5, 0.6) is 5.75 Å². The minimum Gasteiger partial charge on any atom is -0.497 e. The van der Waals surface area contributed by atoms with Gasteiger partial charge in [-0.25, -0.2) is 0 Å². The van der Waals surface area contributed by atoms with Gasteiger partial charge in [0, 0.05) is 26.1 Å². The predicted molar refractivity (Wildman–Crippen MR) is 133 cm³/mol. The van der Waals surface area contributed by atoms with E-state index in [0.29, 0.717) is 19.6 Å². The summed E-state index contributed by atoms with van der Waals surface area (Å²) < 4.78 is 5.18. The molecule has 0 unspecified atom stereocenters. The van der Waals surface area contributed by atoms with Crippen molar-refractivity contribution < 1.29 is 14.3 Å². The van der Waals surface area contributed by atoms with Crippen LogP contribution in [0.1, 0.15) is 23.1 Å². The van der Waals surface area contributed by atoms with E-state index < -0.39 is 0 Å². The number of nitrogens with zero attached hydrogens (tertiary/aromatic N) is 1. The maximum atomic E-state index is 13.3. The lowest BCUT2D eigenvalue weighted by Crippen LogP contribution is -2.32. The van der Waals surface area contributed by atoms with Gasteiger partial charge in [0.25, 0.3) is 0 Å². The Hall–Kier alpha value is -3.60. The molecule has 1 saturated heterocycles. The number of methoxy groups -OCH3 is 1. The molecule has 2 atom stereocenters. The Balaban J connectivity index is 1.39. The lowest BCUT2D eigenvalue weighted by atomic mass is 9.87. The smallest absolute Gasteiger partial charge is 0.226 e. The molecule has 1 aliphatic rings. The van der Waals surface area contributed by atoms with Gasteiger partial charge < -0.3 is 15.0 Å². The summed E-state index contributed by atoms with van der Waals surface area (Å²) in [6, 6.07) is 28.1. The molecule has 4 rings (SSSR count). The molecule has 0 radical (unpaired) electrons. The SMILES string of the molecule is COc1ccc(CNC(=O)C[C@H]2C(=O)N(CCc3ccccc3)C[C@@H]2Cc2ccccc2)cc1. The lowest BCUT2D eigenvalue weighted by Gasteiger charge is -2.16. The van der Waals surface area contributed by atoms with Gasteiger partial charge in [0.2, 0.25) is 11.8 Å². The number of amides is 2. The van der Waals surface area contributed by atoms with Gasteiger partial charge in [0.05, 0.1) is 13.0 Å². The van der Waals surface area contributed by atoms with Crippen molar-refractivity contribution in [3.05, 3.63) is 102 Å². The van der Waals surface area contributed by atoms with Crippen molar-refractivity contribution in [1.82, 2.24) is 10.2 Å². The van der Waals surface area contributed by atoms with Crippen molar-refractivity contribution in [3.63, 3.8) is 0 Å². The van der Waals surface area contributed by atoms with Crippen LogP contribution in [0.4, 0.5) is 0 Å². The molecule has 0 bridgehead atoms. The summed E-state index contributed by atoms with van der Waals surface area (Å²) in [5.74, 6) is 0.615. The highest BCUT2D eigenvalue weighted by atomic mass is 16.5. The number of nitrogens with one attached hydrogen (secondary N) is 1. The van der Waals surface area contributed by atoms with Crippen LogP contribution < -0.4 is 10.1 Å².